The van der Waals surface area contributed by atoms with Gasteiger partial charge in [-0.3, -0.25) is 13.9 Å². The second-order valence-electron chi connectivity index (χ2n) is 7.31. The van der Waals surface area contributed by atoms with E-state index in [1.165, 1.54) is 0 Å². The normalized spacial score (nSPS) is 12.0. The van der Waals surface area contributed by atoms with Gasteiger partial charge < -0.3 is 10.6 Å². The molecule has 7 nitrogen and oxygen atoms in total. The molecule has 2 aromatic rings. The van der Waals surface area contributed by atoms with Gasteiger partial charge in [-0.2, -0.15) is 0 Å². The molecule has 0 aliphatic heterocycles. The molecular formula is C23H29N3O4S. The van der Waals surface area contributed by atoms with Crippen molar-refractivity contribution in [2.45, 2.75) is 33.2 Å². The monoisotopic (exact) mass is 443 g/mol. The highest BCUT2D eigenvalue weighted by molar-refractivity contribution is 7.92. The van der Waals surface area contributed by atoms with Crippen LogP contribution >= 0.6 is 0 Å². The Balaban J connectivity index is 2.43. The van der Waals surface area contributed by atoms with Gasteiger partial charge in [0.25, 0.3) is 5.91 Å². The summed E-state index contributed by atoms with van der Waals surface area (Å²) in [5.74, 6) is -0.879. The van der Waals surface area contributed by atoms with Gasteiger partial charge in [0, 0.05) is 6.54 Å². The minimum atomic E-state index is -3.76. The third-order valence-electron chi connectivity index (χ3n) is 4.77. The fourth-order valence-electron chi connectivity index (χ4n) is 3.26. The number of amides is 2. The number of benzene rings is 2. The summed E-state index contributed by atoms with van der Waals surface area (Å²) in [7, 11) is -3.76. The Morgan fingerprint density at radius 2 is 1.84 bits per heavy atom. The van der Waals surface area contributed by atoms with Crippen LogP contribution in [0.3, 0.4) is 0 Å². The van der Waals surface area contributed by atoms with Crippen molar-refractivity contribution < 1.29 is 18.0 Å². The van der Waals surface area contributed by atoms with E-state index < -0.39 is 22.0 Å². The summed E-state index contributed by atoms with van der Waals surface area (Å²) in [4.78, 5) is 25.7. The molecule has 166 valence electrons. The first-order chi connectivity index (χ1) is 14.6. The van der Waals surface area contributed by atoms with Crippen molar-refractivity contribution in [2.24, 2.45) is 0 Å². The summed E-state index contributed by atoms with van der Waals surface area (Å²) < 4.78 is 26.6. The zero-order chi connectivity index (χ0) is 23.2. The van der Waals surface area contributed by atoms with E-state index in [0.29, 0.717) is 11.4 Å². The number of sulfonamides is 1. The number of carbonyl (C=O) groups excluding carboxylic acids is 2. The van der Waals surface area contributed by atoms with E-state index >= 15 is 0 Å². The predicted molar refractivity (Wildman–Crippen MR) is 125 cm³/mol. The zero-order valence-corrected chi connectivity index (χ0v) is 19.1. The molecule has 0 heterocycles. The molecule has 0 saturated carbocycles. The molecule has 0 spiro atoms. The van der Waals surface area contributed by atoms with Gasteiger partial charge in [0.1, 0.15) is 6.04 Å². The molecule has 8 heteroatoms. The lowest BCUT2D eigenvalue weighted by Crippen LogP contribution is -2.47. The summed E-state index contributed by atoms with van der Waals surface area (Å²) in [6.45, 7) is 9.27. The van der Waals surface area contributed by atoms with Gasteiger partial charge in [-0.05, 0) is 49.6 Å². The quantitative estimate of drug-likeness (QED) is 0.581. The summed E-state index contributed by atoms with van der Waals surface area (Å²) in [6, 6.07) is 11.1. The molecule has 0 saturated heterocycles. The number of anilines is 2. The van der Waals surface area contributed by atoms with E-state index in [1.807, 2.05) is 19.1 Å². The number of aryl methyl sites for hydroxylation is 2. The van der Waals surface area contributed by atoms with Crippen molar-refractivity contribution in [1.29, 1.82) is 0 Å². The van der Waals surface area contributed by atoms with E-state index in [2.05, 4.69) is 17.2 Å². The maximum absolute atomic E-state index is 13.2. The number of rotatable bonds is 9. The number of hydrogen-bond donors (Lipinski definition) is 2. The SMILES string of the molecule is C=CCNC(=O)c1ccccc1NC(=O)C(CC)N(c1cc(C)ccc1C)S(C)(=O)=O. The van der Waals surface area contributed by atoms with Crippen molar-refractivity contribution in [1.82, 2.24) is 5.32 Å². The van der Waals surface area contributed by atoms with Crippen molar-refractivity contribution in [2.75, 3.05) is 22.4 Å². The number of nitrogens with one attached hydrogen (secondary N) is 2. The van der Waals surface area contributed by atoms with Gasteiger partial charge in [0.2, 0.25) is 15.9 Å². The molecule has 0 fully saturated rings. The predicted octanol–water partition coefficient (Wildman–Crippen LogP) is 3.40. The van der Waals surface area contributed by atoms with Crippen LogP contribution in [-0.2, 0) is 14.8 Å². The smallest absolute Gasteiger partial charge is 0.253 e. The maximum Gasteiger partial charge on any atom is 0.253 e. The average Bonchev–Trinajstić information content (AvgIpc) is 2.71. The second-order valence-corrected chi connectivity index (χ2v) is 9.17. The van der Waals surface area contributed by atoms with Gasteiger partial charge in [-0.15, -0.1) is 6.58 Å². The highest BCUT2D eigenvalue weighted by Crippen LogP contribution is 2.28. The Morgan fingerprint density at radius 3 is 2.45 bits per heavy atom. The minimum absolute atomic E-state index is 0.247. The molecule has 0 bridgehead atoms. The van der Waals surface area contributed by atoms with Gasteiger partial charge in [-0.25, -0.2) is 8.42 Å². The van der Waals surface area contributed by atoms with Crippen LogP contribution in [0.5, 0.6) is 0 Å². The van der Waals surface area contributed by atoms with E-state index in [0.717, 1.165) is 21.7 Å². The van der Waals surface area contributed by atoms with Crippen LogP contribution < -0.4 is 14.9 Å². The Kier molecular flexibility index (Phi) is 7.99. The molecule has 31 heavy (non-hydrogen) atoms. The standard InChI is InChI=1S/C23H29N3O4S/c1-6-14-24-22(27)18-10-8-9-11-19(18)25-23(28)20(7-2)26(31(5,29)30)21-15-16(3)12-13-17(21)4/h6,8-13,15,20H,1,7,14H2,2-5H3,(H,24,27)(H,25,28). The Labute approximate surface area is 184 Å². The molecule has 0 aliphatic rings. The lowest BCUT2D eigenvalue weighted by molar-refractivity contribution is -0.117. The van der Waals surface area contributed by atoms with E-state index in [-0.39, 0.29) is 24.4 Å². The van der Waals surface area contributed by atoms with Crippen LogP contribution in [0.25, 0.3) is 0 Å². The lowest BCUT2D eigenvalue weighted by atomic mass is 10.1. The Bertz CT molecular complexity index is 1080. The van der Waals surface area contributed by atoms with E-state index in [9.17, 15) is 18.0 Å². The van der Waals surface area contributed by atoms with Crippen LogP contribution in [0, 0.1) is 13.8 Å². The van der Waals surface area contributed by atoms with E-state index in [4.69, 9.17) is 0 Å². The lowest BCUT2D eigenvalue weighted by Gasteiger charge is -2.31. The highest BCUT2D eigenvalue weighted by atomic mass is 32.2. The largest absolute Gasteiger partial charge is 0.349 e. The van der Waals surface area contributed by atoms with Crippen LogP contribution in [0.2, 0.25) is 0 Å². The number of para-hydroxylation sites is 1. The zero-order valence-electron chi connectivity index (χ0n) is 18.3. The Morgan fingerprint density at radius 1 is 1.16 bits per heavy atom. The molecule has 0 aromatic heterocycles. The topological polar surface area (TPSA) is 95.6 Å². The van der Waals surface area contributed by atoms with E-state index in [1.54, 1.807) is 50.3 Å². The summed E-state index contributed by atoms with van der Waals surface area (Å²) in [6.07, 6.45) is 2.89. The number of hydrogen-bond acceptors (Lipinski definition) is 4. The summed E-state index contributed by atoms with van der Waals surface area (Å²) >= 11 is 0. The molecular weight excluding hydrogens is 414 g/mol. The van der Waals surface area contributed by atoms with Crippen LogP contribution in [0.15, 0.2) is 55.1 Å². The average molecular weight is 444 g/mol. The molecule has 2 rings (SSSR count). The number of carbonyl (C=O) groups is 2. The summed E-state index contributed by atoms with van der Waals surface area (Å²) in [5.41, 5.74) is 2.67. The van der Waals surface area contributed by atoms with Crippen LogP contribution in [0.1, 0.15) is 34.8 Å². The van der Waals surface area contributed by atoms with Crippen LogP contribution in [0.4, 0.5) is 11.4 Å². The molecule has 0 aliphatic carbocycles. The second kappa shape index (κ2) is 10.3. The Hall–Kier alpha value is -3.13. The fourth-order valence-corrected chi connectivity index (χ4v) is 4.52. The van der Waals surface area contributed by atoms with Crippen molar-refractivity contribution in [3.63, 3.8) is 0 Å². The molecule has 2 N–H and O–H groups in total. The first kappa shape index (κ1) is 24.1. The maximum atomic E-state index is 13.2. The molecule has 2 aromatic carbocycles. The van der Waals surface area contributed by atoms with Crippen molar-refractivity contribution >= 4 is 33.2 Å². The molecule has 1 unspecified atom stereocenters. The first-order valence-corrected chi connectivity index (χ1v) is 11.8. The van der Waals surface area contributed by atoms with Gasteiger partial charge in [0.15, 0.2) is 0 Å². The van der Waals surface area contributed by atoms with Gasteiger partial charge >= 0.3 is 0 Å². The number of nitrogens with zero attached hydrogens (tertiary/aromatic N) is 1. The summed E-state index contributed by atoms with van der Waals surface area (Å²) in [5, 5.41) is 5.42. The minimum Gasteiger partial charge on any atom is -0.349 e. The van der Waals surface area contributed by atoms with Crippen LogP contribution in [-0.4, -0.2) is 39.1 Å². The fraction of sp³-hybridized carbons (Fsp3) is 0.304. The molecule has 1 atom stereocenters. The van der Waals surface area contributed by atoms with Gasteiger partial charge in [0.05, 0.1) is 23.2 Å². The highest BCUT2D eigenvalue weighted by Gasteiger charge is 2.33. The van der Waals surface area contributed by atoms with Gasteiger partial charge in [-0.1, -0.05) is 37.3 Å². The first-order valence-electron chi connectivity index (χ1n) is 9.95. The third kappa shape index (κ3) is 5.95. The third-order valence-corrected chi connectivity index (χ3v) is 5.93. The van der Waals surface area contributed by atoms with Crippen molar-refractivity contribution in [3.8, 4) is 0 Å². The van der Waals surface area contributed by atoms with Crippen molar-refractivity contribution in [3.05, 3.63) is 71.8 Å². The molecule has 2 amide bonds. The molecule has 0 radical (unpaired) electrons.